The van der Waals surface area contributed by atoms with Gasteiger partial charge < -0.3 is 14.2 Å². The number of rotatable bonds is 5. The maximum atomic E-state index is 13.6. The van der Waals surface area contributed by atoms with E-state index < -0.39 is 0 Å². The van der Waals surface area contributed by atoms with Crippen LogP contribution in [0.15, 0.2) is 48.5 Å². The number of aromatic nitrogens is 1. The van der Waals surface area contributed by atoms with E-state index in [4.69, 9.17) is 4.74 Å². The third kappa shape index (κ3) is 3.25. The molecule has 142 valence electrons. The van der Waals surface area contributed by atoms with Crippen molar-refractivity contribution in [1.29, 1.82) is 5.26 Å². The Bertz CT molecular complexity index is 1080. The number of likely N-dealkylation sites (tertiary alicyclic amines) is 1. The minimum Gasteiger partial charge on any atom is -0.370 e. The summed E-state index contributed by atoms with van der Waals surface area (Å²) in [5, 5.41) is 10.3. The zero-order chi connectivity index (χ0) is 19.7. The SMILES string of the molecule is Cc1c(C#N)c2ccccc2n1CC(=O)N1CC(OCc2ccccc2F)C1. The largest absolute Gasteiger partial charge is 0.370 e. The van der Waals surface area contributed by atoms with Gasteiger partial charge in [-0.25, -0.2) is 4.39 Å². The van der Waals surface area contributed by atoms with Gasteiger partial charge in [0.1, 0.15) is 18.4 Å². The van der Waals surface area contributed by atoms with E-state index in [1.807, 2.05) is 35.8 Å². The second-order valence-electron chi connectivity index (χ2n) is 7.00. The van der Waals surface area contributed by atoms with Crippen molar-refractivity contribution in [1.82, 2.24) is 9.47 Å². The van der Waals surface area contributed by atoms with Crippen molar-refractivity contribution in [3.8, 4) is 6.07 Å². The molecule has 0 aliphatic carbocycles. The number of carbonyl (C=O) groups is 1. The Hall–Kier alpha value is -3.17. The van der Waals surface area contributed by atoms with Gasteiger partial charge in [0.15, 0.2) is 0 Å². The van der Waals surface area contributed by atoms with E-state index in [0.717, 1.165) is 16.6 Å². The number of carbonyl (C=O) groups excluding carboxylic acids is 1. The molecule has 1 aliphatic rings. The minimum atomic E-state index is -0.280. The number of hydrogen-bond acceptors (Lipinski definition) is 3. The molecule has 0 saturated carbocycles. The molecule has 2 aromatic carbocycles. The molecule has 5 nitrogen and oxygen atoms in total. The molecule has 1 saturated heterocycles. The van der Waals surface area contributed by atoms with Gasteiger partial charge in [-0.1, -0.05) is 36.4 Å². The van der Waals surface area contributed by atoms with Gasteiger partial charge in [0.2, 0.25) is 5.91 Å². The molecule has 0 unspecified atom stereocenters. The second-order valence-corrected chi connectivity index (χ2v) is 7.00. The Kier molecular flexibility index (Phi) is 4.84. The summed E-state index contributed by atoms with van der Waals surface area (Å²) in [6.45, 7) is 3.25. The minimum absolute atomic E-state index is 0.0147. The summed E-state index contributed by atoms with van der Waals surface area (Å²) in [4.78, 5) is 14.4. The normalized spacial score (nSPS) is 14.1. The molecule has 2 heterocycles. The van der Waals surface area contributed by atoms with Crippen LogP contribution in [0.2, 0.25) is 0 Å². The highest BCUT2D eigenvalue weighted by atomic mass is 19.1. The van der Waals surface area contributed by atoms with Crippen LogP contribution in [-0.2, 0) is 22.7 Å². The van der Waals surface area contributed by atoms with E-state index in [2.05, 4.69) is 6.07 Å². The lowest BCUT2D eigenvalue weighted by Crippen LogP contribution is -2.55. The second kappa shape index (κ2) is 7.45. The van der Waals surface area contributed by atoms with Crippen molar-refractivity contribution in [2.45, 2.75) is 26.2 Å². The van der Waals surface area contributed by atoms with Crippen LogP contribution in [0.5, 0.6) is 0 Å². The quantitative estimate of drug-likeness (QED) is 0.685. The Morgan fingerprint density at radius 1 is 1.21 bits per heavy atom. The van der Waals surface area contributed by atoms with E-state index in [9.17, 15) is 14.4 Å². The van der Waals surface area contributed by atoms with Gasteiger partial charge in [0.25, 0.3) is 0 Å². The molecule has 28 heavy (non-hydrogen) atoms. The fraction of sp³-hybridized carbons (Fsp3) is 0.273. The fourth-order valence-corrected chi connectivity index (χ4v) is 3.58. The number of para-hydroxylation sites is 1. The van der Waals surface area contributed by atoms with Crippen molar-refractivity contribution in [3.05, 3.63) is 71.2 Å². The number of amides is 1. The Morgan fingerprint density at radius 3 is 2.68 bits per heavy atom. The summed E-state index contributed by atoms with van der Waals surface area (Å²) in [6.07, 6.45) is -0.0827. The molecule has 4 rings (SSSR count). The van der Waals surface area contributed by atoms with Crippen molar-refractivity contribution in [2.75, 3.05) is 13.1 Å². The summed E-state index contributed by atoms with van der Waals surface area (Å²) >= 11 is 0. The van der Waals surface area contributed by atoms with Crippen LogP contribution < -0.4 is 0 Å². The number of fused-ring (bicyclic) bond motifs is 1. The highest BCUT2D eigenvalue weighted by molar-refractivity contribution is 5.89. The maximum Gasteiger partial charge on any atom is 0.242 e. The lowest BCUT2D eigenvalue weighted by Gasteiger charge is -2.39. The van der Waals surface area contributed by atoms with E-state index in [1.165, 1.54) is 6.07 Å². The summed E-state index contributed by atoms with van der Waals surface area (Å²) in [5.41, 5.74) is 2.81. The molecule has 6 heteroatoms. The van der Waals surface area contributed by atoms with Crippen LogP contribution in [0, 0.1) is 24.1 Å². The Morgan fingerprint density at radius 2 is 1.93 bits per heavy atom. The first-order valence-corrected chi connectivity index (χ1v) is 9.19. The summed E-state index contributed by atoms with van der Waals surface area (Å²) in [5.74, 6) is -0.294. The molecule has 3 aromatic rings. The first-order valence-electron chi connectivity index (χ1n) is 9.19. The zero-order valence-corrected chi connectivity index (χ0v) is 15.6. The summed E-state index contributed by atoms with van der Waals surface area (Å²) in [6, 6.07) is 16.4. The number of ether oxygens (including phenoxy) is 1. The number of nitriles is 1. The monoisotopic (exact) mass is 377 g/mol. The van der Waals surface area contributed by atoms with Crippen LogP contribution in [0.4, 0.5) is 4.39 Å². The van der Waals surface area contributed by atoms with Crippen molar-refractivity contribution < 1.29 is 13.9 Å². The van der Waals surface area contributed by atoms with Crippen molar-refractivity contribution in [2.24, 2.45) is 0 Å². The molecule has 1 aromatic heterocycles. The van der Waals surface area contributed by atoms with Gasteiger partial charge >= 0.3 is 0 Å². The molecule has 1 fully saturated rings. The smallest absolute Gasteiger partial charge is 0.242 e. The van der Waals surface area contributed by atoms with Gasteiger partial charge in [0, 0.05) is 29.7 Å². The molecule has 0 radical (unpaired) electrons. The summed E-state index contributed by atoms with van der Waals surface area (Å²) in [7, 11) is 0. The molecular weight excluding hydrogens is 357 g/mol. The standard InChI is InChI=1S/C22H20FN3O2/c1-15-19(10-24)18-7-3-5-9-21(18)26(15)13-22(27)25-11-17(12-25)28-14-16-6-2-4-8-20(16)23/h2-9,17H,11-14H2,1H3. The van der Waals surface area contributed by atoms with E-state index in [1.54, 1.807) is 23.1 Å². The first kappa shape index (κ1) is 18.2. The molecule has 0 N–H and O–H groups in total. The third-order valence-corrected chi connectivity index (χ3v) is 5.27. The average molecular weight is 377 g/mol. The van der Waals surface area contributed by atoms with Crippen molar-refractivity contribution >= 4 is 16.8 Å². The molecule has 1 aliphatic heterocycles. The third-order valence-electron chi connectivity index (χ3n) is 5.27. The van der Waals surface area contributed by atoms with Gasteiger partial charge in [-0.3, -0.25) is 4.79 Å². The van der Waals surface area contributed by atoms with E-state index in [0.29, 0.717) is 24.2 Å². The number of halogens is 1. The number of hydrogen-bond donors (Lipinski definition) is 0. The Labute approximate surface area is 162 Å². The molecular formula is C22H20FN3O2. The van der Waals surface area contributed by atoms with Crippen LogP contribution in [0.3, 0.4) is 0 Å². The molecule has 1 amide bonds. The van der Waals surface area contributed by atoms with Crippen LogP contribution in [0.25, 0.3) is 10.9 Å². The van der Waals surface area contributed by atoms with Crippen molar-refractivity contribution in [3.63, 3.8) is 0 Å². The predicted molar refractivity (Wildman–Crippen MR) is 103 cm³/mol. The number of nitrogens with zero attached hydrogens (tertiary/aromatic N) is 3. The predicted octanol–water partition coefficient (Wildman–Crippen LogP) is 3.39. The lowest BCUT2D eigenvalue weighted by atomic mass is 10.1. The first-order chi connectivity index (χ1) is 13.6. The number of benzene rings is 2. The van der Waals surface area contributed by atoms with E-state index >= 15 is 0 Å². The Balaban J connectivity index is 1.38. The van der Waals surface area contributed by atoms with Gasteiger partial charge in [-0.05, 0) is 19.1 Å². The van der Waals surface area contributed by atoms with Gasteiger partial charge in [-0.2, -0.15) is 5.26 Å². The molecule has 0 atom stereocenters. The highest BCUT2D eigenvalue weighted by Gasteiger charge is 2.32. The van der Waals surface area contributed by atoms with Gasteiger partial charge in [-0.15, -0.1) is 0 Å². The maximum absolute atomic E-state index is 13.6. The lowest BCUT2D eigenvalue weighted by molar-refractivity contribution is -0.146. The van der Waals surface area contributed by atoms with Crippen LogP contribution >= 0.6 is 0 Å². The fourth-order valence-electron chi connectivity index (χ4n) is 3.58. The van der Waals surface area contributed by atoms with Crippen LogP contribution in [0.1, 0.15) is 16.8 Å². The summed E-state index contributed by atoms with van der Waals surface area (Å²) < 4.78 is 21.2. The zero-order valence-electron chi connectivity index (χ0n) is 15.6. The highest BCUT2D eigenvalue weighted by Crippen LogP contribution is 2.26. The van der Waals surface area contributed by atoms with E-state index in [-0.39, 0.29) is 31.0 Å². The van der Waals surface area contributed by atoms with Crippen LogP contribution in [-0.4, -0.2) is 34.6 Å². The topological polar surface area (TPSA) is 58.3 Å². The average Bonchev–Trinajstić information content (AvgIpc) is 2.93. The molecule has 0 bridgehead atoms. The van der Waals surface area contributed by atoms with Gasteiger partial charge in [0.05, 0.1) is 23.8 Å². The molecule has 0 spiro atoms.